The number of aryl methyl sites for hydroxylation is 2. The Kier molecular flexibility index (Phi) is 5.97. The van der Waals surface area contributed by atoms with Crippen LogP contribution in [-0.4, -0.2) is 45.6 Å². The summed E-state index contributed by atoms with van der Waals surface area (Å²) in [4.78, 5) is 21.2. The minimum absolute atomic E-state index is 0.538. The molecule has 5 heterocycles. The molecule has 2 unspecified atom stereocenters. The first kappa shape index (κ1) is 21.5. The average molecular weight is 467 g/mol. The molecule has 0 spiro atoms. The molecular weight excluding hydrogens is 440 g/mol. The maximum absolute atomic E-state index is 6.77. The second-order valence-corrected chi connectivity index (χ2v) is 9.82. The fraction of sp³-hybridized carbons (Fsp3) is 0.375. The number of rotatable bonds is 6. The molecule has 0 aliphatic carbocycles. The number of hydrogen-bond donors (Lipinski definition) is 2. The van der Waals surface area contributed by atoms with E-state index in [1.165, 1.54) is 18.2 Å². The van der Waals surface area contributed by atoms with Crippen molar-refractivity contribution in [1.29, 1.82) is 0 Å². The van der Waals surface area contributed by atoms with E-state index in [9.17, 15) is 0 Å². The number of fused-ring (bicyclic) bond motifs is 2. The predicted molar refractivity (Wildman–Crippen MR) is 133 cm³/mol. The maximum Gasteiger partial charge on any atom is 0.196 e. The predicted octanol–water partition coefficient (Wildman–Crippen LogP) is 5.03. The molecule has 0 aromatic carbocycles. The highest BCUT2D eigenvalue weighted by Gasteiger charge is 2.37. The molecule has 2 aliphatic rings. The zero-order valence-electron chi connectivity index (χ0n) is 18.4. The van der Waals surface area contributed by atoms with Crippen LogP contribution in [0.25, 0.3) is 17.1 Å². The summed E-state index contributed by atoms with van der Waals surface area (Å²) in [5.41, 5.74) is 3.85. The number of piperidine rings is 1. The van der Waals surface area contributed by atoms with Crippen molar-refractivity contribution in [1.82, 2.24) is 25.3 Å². The molecule has 8 heteroatoms. The van der Waals surface area contributed by atoms with Gasteiger partial charge in [0.15, 0.2) is 5.16 Å². The number of nitrogens with zero attached hydrogens (tertiary/aromatic N) is 4. The zero-order chi connectivity index (χ0) is 22.2. The SMILES string of the molecule is C=C/C=C\c1ncc(Sc2nc(N3CCC4CNC4C3)c3c(Cl)c(CC)[nH]c3n2)cc1C. The molecular formula is C24H27ClN6S. The molecule has 0 saturated carbocycles. The zero-order valence-corrected chi connectivity index (χ0v) is 19.9. The van der Waals surface area contributed by atoms with Crippen molar-refractivity contribution in [2.75, 3.05) is 24.5 Å². The van der Waals surface area contributed by atoms with Gasteiger partial charge < -0.3 is 15.2 Å². The molecule has 6 nitrogen and oxygen atoms in total. The smallest absolute Gasteiger partial charge is 0.196 e. The lowest BCUT2D eigenvalue weighted by Crippen LogP contribution is -2.62. The van der Waals surface area contributed by atoms with Crippen LogP contribution in [0.5, 0.6) is 0 Å². The fourth-order valence-corrected chi connectivity index (χ4v) is 5.63. The van der Waals surface area contributed by atoms with Gasteiger partial charge in [-0.05, 0) is 61.7 Å². The Hall–Kier alpha value is -2.35. The fourth-order valence-electron chi connectivity index (χ4n) is 4.45. The Labute approximate surface area is 197 Å². The van der Waals surface area contributed by atoms with Crippen molar-refractivity contribution in [2.24, 2.45) is 5.92 Å². The summed E-state index contributed by atoms with van der Waals surface area (Å²) in [5, 5.41) is 5.94. The lowest BCUT2D eigenvalue weighted by molar-refractivity contribution is 0.196. The van der Waals surface area contributed by atoms with E-state index >= 15 is 0 Å². The maximum atomic E-state index is 6.77. The van der Waals surface area contributed by atoms with E-state index < -0.39 is 0 Å². The highest BCUT2D eigenvalue weighted by Crippen LogP contribution is 2.38. The van der Waals surface area contributed by atoms with E-state index in [1.807, 2.05) is 18.3 Å². The molecule has 2 atom stereocenters. The lowest BCUT2D eigenvalue weighted by atomic mass is 9.85. The van der Waals surface area contributed by atoms with Crippen molar-refractivity contribution in [2.45, 2.75) is 42.8 Å². The first-order valence-electron chi connectivity index (χ1n) is 11.1. The lowest BCUT2D eigenvalue weighted by Gasteiger charge is -2.46. The molecule has 0 radical (unpaired) electrons. The van der Waals surface area contributed by atoms with E-state index in [0.717, 1.165) is 75.7 Å². The molecule has 0 amide bonds. The number of anilines is 1. The van der Waals surface area contributed by atoms with Gasteiger partial charge in [0.1, 0.15) is 11.5 Å². The summed E-state index contributed by atoms with van der Waals surface area (Å²) in [6.07, 6.45) is 9.48. The normalized spacial score (nSPS) is 20.5. The average Bonchev–Trinajstić information content (AvgIpc) is 3.09. The monoisotopic (exact) mass is 466 g/mol. The third-order valence-electron chi connectivity index (χ3n) is 6.37. The van der Waals surface area contributed by atoms with E-state index in [0.29, 0.717) is 11.2 Å². The summed E-state index contributed by atoms with van der Waals surface area (Å²) in [7, 11) is 0. The topological polar surface area (TPSA) is 69.7 Å². The number of nitrogens with one attached hydrogen (secondary N) is 2. The second kappa shape index (κ2) is 8.89. The van der Waals surface area contributed by atoms with Gasteiger partial charge in [0.25, 0.3) is 0 Å². The van der Waals surface area contributed by atoms with Gasteiger partial charge in [0.2, 0.25) is 0 Å². The van der Waals surface area contributed by atoms with Crippen molar-refractivity contribution in [3.05, 3.63) is 53.0 Å². The third-order valence-corrected chi connectivity index (χ3v) is 7.61. The van der Waals surface area contributed by atoms with Gasteiger partial charge in [-0.2, -0.15) is 0 Å². The first-order chi connectivity index (χ1) is 15.6. The van der Waals surface area contributed by atoms with Gasteiger partial charge in [-0.1, -0.05) is 37.3 Å². The van der Waals surface area contributed by atoms with E-state index in [4.69, 9.17) is 21.6 Å². The quantitative estimate of drug-likeness (QED) is 0.392. The van der Waals surface area contributed by atoms with Gasteiger partial charge in [-0.3, -0.25) is 4.98 Å². The van der Waals surface area contributed by atoms with Gasteiger partial charge >= 0.3 is 0 Å². The Balaban J connectivity index is 1.51. The standard InChI is InChI=1S/C24H27ClN6S/c1-4-6-7-18-14(3)10-16(12-27-18)32-24-29-22-20(21(25)17(5-2)28-22)23(30-24)31-9-8-15-11-26-19(15)13-31/h4,6-7,10,12,15,19,26H,1,5,8-9,11,13H2,2-3H3,(H,28,29,30)/b7-6-. The van der Waals surface area contributed by atoms with Crippen molar-refractivity contribution in [3.8, 4) is 0 Å². The Morgan fingerprint density at radius 3 is 2.94 bits per heavy atom. The van der Waals surface area contributed by atoms with Gasteiger partial charge in [0.05, 0.1) is 16.1 Å². The number of allylic oxidation sites excluding steroid dienone is 2. The summed E-state index contributed by atoms with van der Waals surface area (Å²) >= 11 is 8.30. The van der Waals surface area contributed by atoms with Gasteiger partial charge in [-0.25, -0.2) is 9.97 Å². The number of hydrogen-bond acceptors (Lipinski definition) is 6. The summed E-state index contributed by atoms with van der Waals surface area (Å²) < 4.78 is 0. The van der Waals surface area contributed by atoms with Crippen LogP contribution in [0.4, 0.5) is 5.82 Å². The summed E-state index contributed by atoms with van der Waals surface area (Å²) in [5.74, 6) is 1.72. The molecule has 2 saturated heterocycles. The molecule has 5 rings (SSSR count). The van der Waals surface area contributed by atoms with Crippen LogP contribution in [0.2, 0.25) is 5.02 Å². The number of pyridine rings is 1. The Bertz CT molecular complexity index is 1200. The molecule has 0 bridgehead atoms. The van der Waals surface area contributed by atoms with Crippen LogP contribution in [0, 0.1) is 12.8 Å². The van der Waals surface area contributed by atoms with Crippen LogP contribution in [-0.2, 0) is 6.42 Å². The van der Waals surface area contributed by atoms with Crippen LogP contribution >= 0.6 is 23.4 Å². The highest BCUT2D eigenvalue weighted by atomic mass is 35.5. The summed E-state index contributed by atoms with van der Waals surface area (Å²) in [6, 6.07) is 2.66. The minimum atomic E-state index is 0.538. The van der Waals surface area contributed by atoms with Crippen LogP contribution in [0.3, 0.4) is 0 Å². The number of H-pyrrole nitrogens is 1. The van der Waals surface area contributed by atoms with E-state index in [-0.39, 0.29) is 0 Å². The van der Waals surface area contributed by atoms with Gasteiger partial charge in [0, 0.05) is 35.9 Å². The molecule has 3 aromatic heterocycles. The van der Waals surface area contributed by atoms with Crippen molar-refractivity contribution in [3.63, 3.8) is 0 Å². The molecule has 2 N–H and O–H groups in total. The molecule has 166 valence electrons. The van der Waals surface area contributed by atoms with E-state index in [1.54, 1.807) is 6.08 Å². The van der Waals surface area contributed by atoms with E-state index in [2.05, 4.69) is 46.7 Å². The van der Waals surface area contributed by atoms with Gasteiger partial charge in [-0.15, -0.1) is 0 Å². The van der Waals surface area contributed by atoms with Crippen LogP contribution < -0.4 is 10.2 Å². The highest BCUT2D eigenvalue weighted by molar-refractivity contribution is 7.99. The number of halogens is 1. The summed E-state index contributed by atoms with van der Waals surface area (Å²) in [6.45, 7) is 11.0. The Morgan fingerprint density at radius 1 is 1.38 bits per heavy atom. The molecule has 2 aliphatic heterocycles. The minimum Gasteiger partial charge on any atom is -0.354 e. The largest absolute Gasteiger partial charge is 0.354 e. The van der Waals surface area contributed by atoms with Crippen molar-refractivity contribution < 1.29 is 0 Å². The number of aromatic amines is 1. The van der Waals surface area contributed by atoms with Crippen LogP contribution in [0.1, 0.15) is 30.3 Å². The van der Waals surface area contributed by atoms with Crippen molar-refractivity contribution >= 4 is 46.3 Å². The first-order valence-corrected chi connectivity index (χ1v) is 12.3. The van der Waals surface area contributed by atoms with Crippen LogP contribution in [0.15, 0.2) is 41.0 Å². The molecule has 2 fully saturated rings. The second-order valence-electron chi connectivity index (χ2n) is 8.40. The Morgan fingerprint density at radius 2 is 2.25 bits per heavy atom. The molecule has 32 heavy (non-hydrogen) atoms. The molecule has 3 aromatic rings. The third kappa shape index (κ3) is 3.93. The number of aromatic nitrogens is 4.